The summed E-state index contributed by atoms with van der Waals surface area (Å²) in [5.74, 6) is -3.94. The summed E-state index contributed by atoms with van der Waals surface area (Å²) in [4.78, 5) is 82.8. The first-order valence-corrected chi connectivity index (χ1v) is 13.1. The van der Waals surface area contributed by atoms with Crippen LogP contribution in [-0.4, -0.2) is 58.0 Å². The van der Waals surface area contributed by atoms with Crippen molar-refractivity contribution in [3.63, 3.8) is 0 Å². The third kappa shape index (κ3) is 7.50. The second kappa shape index (κ2) is 13.7. The van der Waals surface area contributed by atoms with Gasteiger partial charge in [-0.15, -0.1) is 0 Å². The Hall–Kier alpha value is -6.44. The Morgan fingerprint density at radius 1 is 0.622 bits per heavy atom. The quantitative estimate of drug-likeness (QED) is 0.156. The molecule has 0 bridgehead atoms. The fourth-order valence-electron chi connectivity index (χ4n) is 4.33. The summed E-state index contributed by atoms with van der Waals surface area (Å²) in [7, 11) is 2.34. The van der Waals surface area contributed by atoms with Crippen LogP contribution in [0.25, 0.3) is 0 Å². The summed E-state index contributed by atoms with van der Waals surface area (Å²) < 4.78 is 0. The van der Waals surface area contributed by atoms with Gasteiger partial charge < -0.3 is 20.8 Å². The van der Waals surface area contributed by atoms with E-state index in [-0.39, 0.29) is 61.3 Å². The molecule has 0 aliphatic heterocycles. The molecule has 4 N–H and O–H groups in total. The second-order valence-electron chi connectivity index (χ2n) is 9.44. The molecule has 0 saturated heterocycles. The molecule has 0 aromatic heterocycles. The van der Waals surface area contributed by atoms with E-state index < -0.39 is 23.8 Å². The molecule has 0 atom stereocenters. The summed E-state index contributed by atoms with van der Waals surface area (Å²) in [6.07, 6.45) is 0.125. The Bertz CT molecular complexity index is 1720. The lowest BCUT2D eigenvalue weighted by Crippen LogP contribution is -2.16. The van der Waals surface area contributed by atoms with E-state index in [1.165, 1.54) is 87.0 Å². The molecule has 0 saturated carbocycles. The van der Waals surface area contributed by atoms with Gasteiger partial charge in [-0.05, 0) is 53.9 Å². The van der Waals surface area contributed by atoms with Crippen molar-refractivity contribution >= 4 is 46.5 Å². The predicted molar refractivity (Wildman–Crippen MR) is 159 cm³/mol. The summed E-state index contributed by atoms with van der Waals surface area (Å²) in [5.41, 5.74) is 0.901. The van der Waals surface area contributed by atoms with Crippen LogP contribution in [0, 0.1) is 9.81 Å². The van der Waals surface area contributed by atoms with Crippen molar-refractivity contribution in [2.45, 2.75) is 6.42 Å². The fraction of sp³-hybridized carbons (Fsp3) is 0.0968. The van der Waals surface area contributed by atoms with Crippen molar-refractivity contribution < 1.29 is 48.9 Å². The van der Waals surface area contributed by atoms with Crippen molar-refractivity contribution in [2.24, 2.45) is 0 Å². The number of amides is 2. The number of carbonyl (C=O) groups excluding carboxylic acids is 2. The maximum absolute atomic E-state index is 12.8. The first-order valence-electron chi connectivity index (χ1n) is 13.1. The molecule has 45 heavy (non-hydrogen) atoms. The third-order valence-electron chi connectivity index (χ3n) is 6.50. The van der Waals surface area contributed by atoms with E-state index in [4.69, 9.17) is 0 Å². The number of hydrogen-bond acceptors (Lipinski definition) is 8. The highest BCUT2D eigenvalue weighted by atomic mass is 16.8. The van der Waals surface area contributed by atoms with Gasteiger partial charge >= 0.3 is 23.3 Å². The lowest BCUT2D eigenvalue weighted by molar-refractivity contribution is -0.736. The van der Waals surface area contributed by atoms with E-state index in [9.17, 15) is 39.2 Å². The maximum Gasteiger partial charge on any atom is 0.337 e. The van der Waals surface area contributed by atoms with E-state index in [1.807, 2.05) is 0 Å². The van der Waals surface area contributed by atoms with Gasteiger partial charge in [-0.1, -0.05) is 24.3 Å². The Labute approximate surface area is 254 Å². The van der Waals surface area contributed by atoms with Crippen LogP contribution < -0.4 is 10.6 Å². The van der Waals surface area contributed by atoms with Gasteiger partial charge in [-0.3, -0.25) is 9.59 Å². The zero-order chi connectivity index (χ0) is 32.7. The number of carbonyl (C=O) groups is 4. The average Bonchev–Trinajstić information content (AvgIpc) is 3.05. The SMILES string of the molecule is CO[N+](=O)c1cccc(C(=O)Nc2ccc(Cc3ccc(NC(=O)c4cccc([N+](=O)OC)c4)c(C(=O)O)c3)cc2C(=O)O)c1. The van der Waals surface area contributed by atoms with Crippen LogP contribution >= 0.6 is 0 Å². The number of carboxylic acid groups (broad SMARTS) is 2. The highest BCUT2D eigenvalue weighted by Gasteiger charge is 2.21. The first-order chi connectivity index (χ1) is 21.5. The van der Waals surface area contributed by atoms with E-state index in [2.05, 4.69) is 20.3 Å². The van der Waals surface area contributed by atoms with Gasteiger partial charge in [0.25, 0.3) is 21.7 Å². The van der Waals surface area contributed by atoms with E-state index in [0.29, 0.717) is 11.1 Å². The van der Waals surface area contributed by atoms with Crippen molar-refractivity contribution in [2.75, 3.05) is 24.9 Å². The lowest BCUT2D eigenvalue weighted by atomic mass is 9.99. The van der Waals surface area contributed by atoms with Gasteiger partial charge in [-0.2, -0.15) is 0 Å². The molecule has 4 rings (SSSR count). The number of rotatable bonds is 12. The molecule has 4 aromatic rings. The minimum Gasteiger partial charge on any atom is -0.478 e. The van der Waals surface area contributed by atoms with Gasteiger partial charge in [0.05, 0.1) is 32.3 Å². The minimum absolute atomic E-state index is 0.00586. The van der Waals surface area contributed by atoms with Crippen LogP contribution in [0.2, 0.25) is 0 Å². The van der Waals surface area contributed by atoms with Crippen LogP contribution in [0.1, 0.15) is 52.6 Å². The van der Waals surface area contributed by atoms with Gasteiger partial charge in [0.1, 0.15) is 0 Å². The number of nitrogens with one attached hydrogen (secondary N) is 2. The van der Waals surface area contributed by atoms with Crippen molar-refractivity contribution in [1.29, 1.82) is 0 Å². The number of aromatic carboxylic acids is 2. The Morgan fingerprint density at radius 2 is 1.02 bits per heavy atom. The lowest BCUT2D eigenvalue weighted by Gasteiger charge is -2.13. The van der Waals surface area contributed by atoms with E-state index in [1.54, 1.807) is 12.1 Å². The topological polar surface area (TPSA) is 191 Å². The molecular formula is C31H26N4O10+2. The smallest absolute Gasteiger partial charge is 0.337 e. The van der Waals surface area contributed by atoms with Crippen molar-refractivity contribution in [1.82, 2.24) is 0 Å². The molecule has 4 aromatic carbocycles. The monoisotopic (exact) mass is 614 g/mol. The van der Waals surface area contributed by atoms with Crippen LogP contribution in [-0.2, 0) is 16.1 Å². The predicted octanol–water partition coefficient (Wildman–Crippen LogP) is 5.12. The molecule has 14 nitrogen and oxygen atoms in total. The van der Waals surface area contributed by atoms with Crippen LogP contribution in [0.5, 0.6) is 0 Å². The molecule has 14 heteroatoms. The number of nitrogens with zero attached hydrogens (tertiary/aromatic N) is 2. The Balaban J connectivity index is 1.54. The standard InChI is InChI=1S/C31H24N4O10/c1-44-34(42)22-7-3-5-20(16-22)28(36)32-26-11-9-18(14-24(26)30(38)39)13-19-10-12-27(25(15-19)31(40)41)33-29(37)21-6-4-8-23(17-21)35(43)45-2/h3-12,14-17H,13H2,1-2H3,(H2-2,32,33,36,37,38,39,40,41)/p+2. The van der Waals surface area contributed by atoms with Gasteiger partial charge in [-0.25, -0.2) is 19.3 Å². The van der Waals surface area contributed by atoms with Crippen molar-refractivity contribution in [3.8, 4) is 0 Å². The van der Waals surface area contributed by atoms with E-state index >= 15 is 0 Å². The largest absolute Gasteiger partial charge is 0.478 e. The maximum atomic E-state index is 12.8. The zero-order valence-corrected chi connectivity index (χ0v) is 23.8. The van der Waals surface area contributed by atoms with Crippen LogP contribution in [0.3, 0.4) is 0 Å². The normalized spacial score (nSPS) is 10.4. The average molecular weight is 615 g/mol. The number of anilines is 2. The fourth-order valence-corrected chi connectivity index (χ4v) is 4.33. The molecule has 0 unspecified atom stereocenters. The summed E-state index contributed by atoms with van der Waals surface area (Å²) in [6, 6.07) is 19.9. The summed E-state index contributed by atoms with van der Waals surface area (Å²) >= 11 is 0. The van der Waals surface area contributed by atoms with Gasteiger partial charge in [0, 0.05) is 35.4 Å². The molecule has 0 aliphatic rings. The zero-order valence-electron chi connectivity index (χ0n) is 23.8. The Kier molecular flexibility index (Phi) is 9.58. The molecule has 2 amide bonds. The van der Waals surface area contributed by atoms with Gasteiger partial charge in [0.2, 0.25) is 0 Å². The number of hydrogen-bond donors (Lipinski definition) is 4. The Morgan fingerprint density at radius 3 is 1.38 bits per heavy atom. The molecule has 0 aliphatic carbocycles. The molecular weight excluding hydrogens is 588 g/mol. The van der Waals surface area contributed by atoms with Crippen LogP contribution in [0.4, 0.5) is 22.7 Å². The molecule has 0 radical (unpaired) electrons. The molecule has 0 spiro atoms. The van der Waals surface area contributed by atoms with Gasteiger partial charge in [0.15, 0.2) is 14.2 Å². The van der Waals surface area contributed by atoms with Crippen LogP contribution in [0.15, 0.2) is 84.9 Å². The van der Waals surface area contributed by atoms with Crippen molar-refractivity contribution in [3.05, 3.63) is 128 Å². The third-order valence-corrected chi connectivity index (χ3v) is 6.50. The molecule has 0 heterocycles. The summed E-state index contributed by atoms with van der Waals surface area (Å²) in [5, 5.41) is 24.7. The number of carboxylic acids is 2. The highest BCUT2D eigenvalue weighted by molar-refractivity contribution is 6.09. The second-order valence-corrected chi connectivity index (χ2v) is 9.44. The number of benzene rings is 4. The first kappa shape index (κ1) is 31.5. The summed E-state index contributed by atoms with van der Waals surface area (Å²) in [6.45, 7) is 0. The van der Waals surface area contributed by atoms with E-state index in [0.717, 1.165) is 0 Å². The highest BCUT2D eigenvalue weighted by Crippen LogP contribution is 2.25. The minimum atomic E-state index is -1.31. The molecule has 0 fully saturated rings. The molecule has 228 valence electrons.